The third-order valence-corrected chi connectivity index (χ3v) is 1.88. The number of benzene rings is 1. The van der Waals surface area contributed by atoms with E-state index >= 15 is 0 Å². The van der Waals surface area contributed by atoms with E-state index in [4.69, 9.17) is 9.84 Å². The fraction of sp³-hybridized carbons (Fsp3) is 0.200. The summed E-state index contributed by atoms with van der Waals surface area (Å²) in [6.45, 7) is 1.69. The number of hydrogen-bond donors (Lipinski definition) is 1. The van der Waals surface area contributed by atoms with Gasteiger partial charge in [-0.15, -0.1) is 0 Å². The molecule has 0 aliphatic carbocycles. The molecule has 0 aromatic heterocycles. The molecule has 0 spiro atoms. The lowest BCUT2D eigenvalue weighted by Gasteiger charge is -2.08. The van der Waals surface area contributed by atoms with Gasteiger partial charge in [-0.25, -0.2) is 4.79 Å². The van der Waals surface area contributed by atoms with Crippen LogP contribution in [0.1, 0.15) is 26.3 Å². The molecular weight excluding hydrogens is 184 g/mol. The van der Waals surface area contributed by atoms with E-state index in [1.165, 1.54) is 19.2 Å². The molecule has 1 N–H and O–H groups in total. The van der Waals surface area contributed by atoms with Gasteiger partial charge in [0.05, 0.1) is 18.2 Å². The third-order valence-electron chi connectivity index (χ3n) is 1.88. The van der Waals surface area contributed by atoms with Crippen molar-refractivity contribution in [2.75, 3.05) is 7.11 Å². The molecule has 74 valence electrons. The number of methoxy groups -OCH3 is 1. The Balaban J connectivity index is 3.38. The molecule has 0 radical (unpaired) electrons. The Hall–Kier alpha value is -1.84. The van der Waals surface area contributed by atoms with Crippen molar-refractivity contribution in [1.29, 1.82) is 0 Å². The van der Waals surface area contributed by atoms with Crippen molar-refractivity contribution in [1.82, 2.24) is 0 Å². The molecule has 0 atom stereocenters. The predicted octanol–water partition coefficient (Wildman–Crippen LogP) is 1.51. The first-order valence-corrected chi connectivity index (χ1v) is 3.97. The SMILES string of the molecule is COc1c(C)cc(C(=O)O)cc1C=O. The van der Waals surface area contributed by atoms with Gasteiger partial charge in [0, 0.05) is 0 Å². The highest BCUT2D eigenvalue weighted by Gasteiger charge is 2.11. The van der Waals surface area contributed by atoms with Crippen LogP contribution in [0.5, 0.6) is 5.75 Å². The number of aromatic carboxylic acids is 1. The maximum Gasteiger partial charge on any atom is 0.335 e. The molecule has 4 heteroatoms. The van der Waals surface area contributed by atoms with E-state index in [9.17, 15) is 9.59 Å². The van der Waals surface area contributed by atoms with Crippen LogP contribution in [0.15, 0.2) is 12.1 Å². The molecule has 0 amide bonds. The molecule has 1 aromatic rings. The molecule has 0 aliphatic rings. The average Bonchev–Trinajstić information content (AvgIpc) is 2.16. The van der Waals surface area contributed by atoms with E-state index in [2.05, 4.69) is 0 Å². The fourth-order valence-corrected chi connectivity index (χ4v) is 1.29. The molecule has 4 nitrogen and oxygen atoms in total. The van der Waals surface area contributed by atoms with E-state index in [0.29, 0.717) is 17.6 Å². The van der Waals surface area contributed by atoms with Crippen molar-refractivity contribution in [2.45, 2.75) is 6.92 Å². The maximum absolute atomic E-state index is 10.7. The normalized spacial score (nSPS) is 9.57. The summed E-state index contributed by atoms with van der Waals surface area (Å²) in [5, 5.41) is 8.74. The van der Waals surface area contributed by atoms with E-state index in [-0.39, 0.29) is 11.1 Å². The summed E-state index contributed by atoms with van der Waals surface area (Å²) < 4.78 is 4.98. The summed E-state index contributed by atoms with van der Waals surface area (Å²) in [5.74, 6) is -0.635. The summed E-state index contributed by atoms with van der Waals surface area (Å²) in [5.41, 5.74) is 0.977. The number of carbonyl (C=O) groups excluding carboxylic acids is 1. The molecule has 0 saturated heterocycles. The minimum atomic E-state index is -1.06. The van der Waals surface area contributed by atoms with Crippen molar-refractivity contribution < 1.29 is 19.4 Å². The molecule has 0 fully saturated rings. The molecule has 0 heterocycles. The Kier molecular flexibility index (Phi) is 2.86. The van der Waals surface area contributed by atoms with Gasteiger partial charge in [-0.1, -0.05) is 0 Å². The quantitative estimate of drug-likeness (QED) is 0.741. The zero-order valence-corrected chi connectivity index (χ0v) is 7.90. The minimum Gasteiger partial charge on any atom is -0.496 e. The van der Waals surface area contributed by atoms with Crippen LogP contribution in [0.4, 0.5) is 0 Å². The topological polar surface area (TPSA) is 63.6 Å². The third kappa shape index (κ3) is 1.74. The number of carboxylic acids is 1. The Morgan fingerprint density at radius 3 is 2.57 bits per heavy atom. The fourth-order valence-electron chi connectivity index (χ4n) is 1.29. The predicted molar refractivity (Wildman–Crippen MR) is 50.1 cm³/mol. The monoisotopic (exact) mass is 194 g/mol. The van der Waals surface area contributed by atoms with Gasteiger partial charge in [-0.2, -0.15) is 0 Å². The molecule has 0 saturated carbocycles. The number of carbonyl (C=O) groups is 2. The molecular formula is C10H10O4. The number of carboxylic acid groups (broad SMARTS) is 1. The Morgan fingerprint density at radius 2 is 2.14 bits per heavy atom. The minimum absolute atomic E-state index is 0.0883. The molecule has 1 aromatic carbocycles. The van der Waals surface area contributed by atoms with Gasteiger partial charge in [0.2, 0.25) is 0 Å². The van der Waals surface area contributed by atoms with Crippen LogP contribution >= 0.6 is 0 Å². The molecule has 0 aliphatic heterocycles. The second kappa shape index (κ2) is 3.91. The van der Waals surface area contributed by atoms with Gasteiger partial charge >= 0.3 is 5.97 Å². The standard InChI is InChI=1S/C10H10O4/c1-6-3-7(10(12)13)4-8(5-11)9(6)14-2/h3-5H,1-2H3,(H,12,13). The van der Waals surface area contributed by atoms with Crippen molar-refractivity contribution >= 4 is 12.3 Å². The van der Waals surface area contributed by atoms with Crippen molar-refractivity contribution in [3.63, 3.8) is 0 Å². The van der Waals surface area contributed by atoms with Gasteiger partial charge in [0.15, 0.2) is 6.29 Å². The summed E-state index contributed by atoms with van der Waals surface area (Å²) in [7, 11) is 1.44. The number of ether oxygens (including phenoxy) is 1. The molecule has 0 unspecified atom stereocenters. The first-order chi connectivity index (χ1) is 6.60. The van der Waals surface area contributed by atoms with Crippen LogP contribution < -0.4 is 4.74 Å². The van der Waals surface area contributed by atoms with Gasteiger partial charge in [0.1, 0.15) is 5.75 Å². The zero-order chi connectivity index (χ0) is 10.7. The van der Waals surface area contributed by atoms with Crippen LogP contribution in [-0.2, 0) is 0 Å². The largest absolute Gasteiger partial charge is 0.496 e. The lowest BCUT2D eigenvalue weighted by molar-refractivity contribution is 0.0696. The van der Waals surface area contributed by atoms with Crippen LogP contribution in [0.3, 0.4) is 0 Å². The van der Waals surface area contributed by atoms with Crippen molar-refractivity contribution in [3.05, 3.63) is 28.8 Å². The molecule has 1 rings (SSSR count). The van der Waals surface area contributed by atoms with Gasteiger partial charge < -0.3 is 9.84 Å². The summed E-state index contributed by atoms with van der Waals surface area (Å²) >= 11 is 0. The number of rotatable bonds is 3. The van der Waals surface area contributed by atoms with Crippen molar-refractivity contribution in [3.8, 4) is 5.75 Å². The Labute approximate surface area is 81.1 Å². The molecule has 14 heavy (non-hydrogen) atoms. The van der Waals surface area contributed by atoms with Crippen LogP contribution in [0.25, 0.3) is 0 Å². The maximum atomic E-state index is 10.7. The lowest BCUT2D eigenvalue weighted by atomic mass is 10.1. The van der Waals surface area contributed by atoms with Crippen LogP contribution in [0, 0.1) is 6.92 Å². The Bertz CT molecular complexity index is 382. The van der Waals surface area contributed by atoms with Gasteiger partial charge in [0.25, 0.3) is 0 Å². The van der Waals surface area contributed by atoms with Gasteiger partial charge in [-0.3, -0.25) is 4.79 Å². The highest BCUT2D eigenvalue weighted by Crippen LogP contribution is 2.23. The number of aryl methyl sites for hydroxylation is 1. The first kappa shape index (κ1) is 10.2. The summed E-state index contributed by atoms with van der Waals surface area (Å²) in [4.78, 5) is 21.3. The van der Waals surface area contributed by atoms with E-state index in [0.717, 1.165) is 0 Å². The van der Waals surface area contributed by atoms with Crippen molar-refractivity contribution in [2.24, 2.45) is 0 Å². The second-order valence-corrected chi connectivity index (χ2v) is 2.84. The highest BCUT2D eigenvalue weighted by atomic mass is 16.5. The van der Waals surface area contributed by atoms with E-state index in [1.54, 1.807) is 6.92 Å². The summed E-state index contributed by atoms with van der Waals surface area (Å²) in [6.07, 6.45) is 0.582. The lowest BCUT2D eigenvalue weighted by Crippen LogP contribution is -2.01. The first-order valence-electron chi connectivity index (χ1n) is 3.97. The second-order valence-electron chi connectivity index (χ2n) is 2.84. The molecule has 0 bridgehead atoms. The van der Waals surface area contributed by atoms with E-state index < -0.39 is 5.97 Å². The van der Waals surface area contributed by atoms with Crippen LogP contribution in [0.2, 0.25) is 0 Å². The Morgan fingerprint density at radius 1 is 1.50 bits per heavy atom. The highest BCUT2D eigenvalue weighted by molar-refractivity contribution is 5.92. The van der Waals surface area contributed by atoms with E-state index in [1.807, 2.05) is 0 Å². The summed E-state index contributed by atoms with van der Waals surface area (Å²) in [6, 6.07) is 2.76. The number of aldehydes is 1. The zero-order valence-electron chi connectivity index (χ0n) is 7.90. The number of hydrogen-bond acceptors (Lipinski definition) is 3. The van der Waals surface area contributed by atoms with Crippen LogP contribution in [-0.4, -0.2) is 24.5 Å². The smallest absolute Gasteiger partial charge is 0.335 e. The average molecular weight is 194 g/mol. The van der Waals surface area contributed by atoms with Gasteiger partial charge in [-0.05, 0) is 24.6 Å².